The first-order valence-electron chi connectivity index (χ1n) is 6.85. The highest BCUT2D eigenvalue weighted by Crippen LogP contribution is 1.87. The molecule has 7 heteroatoms. The molecule has 0 radical (unpaired) electrons. The molecule has 0 unspecified atom stereocenters. The molecule has 0 aliphatic rings. The minimum absolute atomic E-state index is 0.132. The van der Waals surface area contributed by atoms with Crippen molar-refractivity contribution in [2.45, 2.75) is 6.04 Å². The van der Waals surface area contributed by atoms with Crippen LogP contribution in [0.1, 0.15) is 0 Å². The van der Waals surface area contributed by atoms with Gasteiger partial charge in [-0.2, -0.15) is 0 Å². The van der Waals surface area contributed by atoms with E-state index in [1.54, 1.807) is 14.2 Å². The number of methoxy groups -OCH3 is 2. The van der Waals surface area contributed by atoms with Crippen LogP contribution in [0.5, 0.6) is 0 Å². The van der Waals surface area contributed by atoms with E-state index in [1.165, 1.54) is 0 Å². The van der Waals surface area contributed by atoms with Crippen LogP contribution in [0.2, 0.25) is 0 Å². The maximum absolute atomic E-state index is 5.83. The van der Waals surface area contributed by atoms with Crippen LogP contribution in [0.25, 0.3) is 0 Å². The predicted octanol–water partition coefficient (Wildman–Crippen LogP) is -0.327. The molecule has 0 aromatic carbocycles. The normalized spacial score (nSPS) is 11.4. The molecule has 122 valence electrons. The minimum atomic E-state index is -0.132. The van der Waals surface area contributed by atoms with Gasteiger partial charge in [-0.25, -0.2) is 0 Å². The van der Waals surface area contributed by atoms with Gasteiger partial charge in [0.2, 0.25) is 0 Å². The lowest BCUT2D eigenvalue weighted by molar-refractivity contribution is 0.000759. The molecule has 0 rings (SSSR count). The van der Waals surface area contributed by atoms with Crippen LogP contribution in [0, 0.1) is 0 Å². The van der Waals surface area contributed by atoms with E-state index >= 15 is 0 Å². The Kier molecular flexibility index (Phi) is 16.5. The molecule has 2 N–H and O–H groups in total. The van der Waals surface area contributed by atoms with E-state index in [9.17, 15) is 0 Å². The summed E-state index contributed by atoms with van der Waals surface area (Å²) < 4.78 is 30.9. The average molecular weight is 295 g/mol. The maximum Gasteiger partial charge on any atom is 0.0701 e. The molecule has 0 heterocycles. The number of ether oxygens (including phenoxy) is 6. The van der Waals surface area contributed by atoms with Crippen molar-refractivity contribution in [1.82, 2.24) is 0 Å². The third-order valence-electron chi connectivity index (χ3n) is 2.27. The Bertz CT molecular complexity index is 166. The fourth-order valence-electron chi connectivity index (χ4n) is 1.24. The van der Waals surface area contributed by atoms with E-state index in [0.29, 0.717) is 66.1 Å². The van der Waals surface area contributed by atoms with Crippen molar-refractivity contribution >= 4 is 0 Å². The molecular formula is C13H29NO6. The van der Waals surface area contributed by atoms with E-state index in [1.807, 2.05) is 0 Å². The summed E-state index contributed by atoms with van der Waals surface area (Å²) >= 11 is 0. The van der Waals surface area contributed by atoms with E-state index in [2.05, 4.69) is 0 Å². The van der Waals surface area contributed by atoms with Crippen molar-refractivity contribution in [3.05, 3.63) is 0 Å². The quantitative estimate of drug-likeness (QED) is 0.391. The first-order chi connectivity index (χ1) is 9.81. The standard InChI is InChI=1S/C13H29NO6/c1-15-3-5-17-7-9-19-11-13(14)12-20-10-8-18-6-4-16-2/h13H,3-12,14H2,1-2H3. The van der Waals surface area contributed by atoms with Gasteiger partial charge in [-0.15, -0.1) is 0 Å². The summed E-state index contributed by atoms with van der Waals surface area (Å²) in [5, 5.41) is 0. The van der Waals surface area contributed by atoms with Crippen molar-refractivity contribution < 1.29 is 28.4 Å². The van der Waals surface area contributed by atoms with Gasteiger partial charge in [-0.05, 0) is 0 Å². The number of nitrogens with two attached hydrogens (primary N) is 1. The van der Waals surface area contributed by atoms with Crippen molar-refractivity contribution in [3.63, 3.8) is 0 Å². The third-order valence-corrected chi connectivity index (χ3v) is 2.27. The Labute approximate surface area is 121 Å². The van der Waals surface area contributed by atoms with Crippen LogP contribution in [-0.2, 0) is 28.4 Å². The summed E-state index contributed by atoms with van der Waals surface area (Å²) in [6.45, 7) is 5.41. The third kappa shape index (κ3) is 15.8. The molecule has 0 spiro atoms. The molecule has 20 heavy (non-hydrogen) atoms. The van der Waals surface area contributed by atoms with Gasteiger partial charge in [-0.3, -0.25) is 0 Å². The fraction of sp³-hybridized carbons (Fsp3) is 1.00. The smallest absolute Gasteiger partial charge is 0.0701 e. The van der Waals surface area contributed by atoms with Crippen LogP contribution >= 0.6 is 0 Å². The van der Waals surface area contributed by atoms with Gasteiger partial charge in [0.25, 0.3) is 0 Å². The summed E-state index contributed by atoms with van der Waals surface area (Å²) in [6, 6.07) is -0.132. The van der Waals surface area contributed by atoms with Gasteiger partial charge in [0.15, 0.2) is 0 Å². The molecule has 0 atom stereocenters. The van der Waals surface area contributed by atoms with Crippen LogP contribution in [-0.4, -0.2) is 86.3 Å². The van der Waals surface area contributed by atoms with Gasteiger partial charge in [0.05, 0.1) is 72.1 Å². The second kappa shape index (κ2) is 16.8. The molecule has 0 aliphatic heterocycles. The first kappa shape index (κ1) is 19.7. The Hall–Kier alpha value is -0.280. The molecule has 0 amide bonds. The number of hydrogen-bond acceptors (Lipinski definition) is 7. The molecular weight excluding hydrogens is 266 g/mol. The van der Waals surface area contributed by atoms with Crippen LogP contribution in [0.4, 0.5) is 0 Å². The predicted molar refractivity (Wildman–Crippen MR) is 75.0 cm³/mol. The van der Waals surface area contributed by atoms with Gasteiger partial charge in [-0.1, -0.05) is 0 Å². The number of hydrogen-bond donors (Lipinski definition) is 1. The topological polar surface area (TPSA) is 81.4 Å². The summed E-state index contributed by atoms with van der Waals surface area (Å²) in [4.78, 5) is 0. The zero-order valence-electron chi connectivity index (χ0n) is 12.7. The van der Waals surface area contributed by atoms with E-state index in [-0.39, 0.29) is 6.04 Å². The van der Waals surface area contributed by atoms with Gasteiger partial charge >= 0.3 is 0 Å². The molecule has 0 saturated heterocycles. The van der Waals surface area contributed by atoms with Crippen molar-refractivity contribution in [1.29, 1.82) is 0 Å². The number of rotatable bonds is 16. The van der Waals surface area contributed by atoms with Gasteiger partial charge < -0.3 is 34.2 Å². The summed E-state index contributed by atoms with van der Waals surface area (Å²) in [5.41, 5.74) is 5.83. The van der Waals surface area contributed by atoms with E-state index in [0.717, 1.165) is 0 Å². The van der Waals surface area contributed by atoms with Gasteiger partial charge in [0, 0.05) is 14.2 Å². The van der Waals surface area contributed by atoms with Gasteiger partial charge in [0.1, 0.15) is 0 Å². The van der Waals surface area contributed by atoms with E-state index in [4.69, 9.17) is 34.2 Å². The summed E-state index contributed by atoms with van der Waals surface area (Å²) in [7, 11) is 3.28. The second-order valence-electron chi connectivity index (χ2n) is 4.12. The molecule has 0 saturated carbocycles. The highest BCUT2D eigenvalue weighted by atomic mass is 16.5. The highest BCUT2D eigenvalue weighted by Gasteiger charge is 2.02. The molecule has 0 aromatic rings. The molecule has 0 fully saturated rings. The average Bonchev–Trinajstić information content (AvgIpc) is 2.45. The maximum atomic E-state index is 5.83. The zero-order valence-corrected chi connectivity index (χ0v) is 12.7. The SMILES string of the molecule is COCCOCCOCC(N)COCCOCCOC. The monoisotopic (exact) mass is 295 g/mol. The fourth-order valence-corrected chi connectivity index (χ4v) is 1.24. The van der Waals surface area contributed by atoms with Crippen molar-refractivity contribution in [2.24, 2.45) is 5.73 Å². The lowest BCUT2D eigenvalue weighted by atomic mass is 10.4. The highest BCUT2D eigenvalue weighted by molar-refractivity contribution is 4.57. The van der Waals surface area contributed by atoms with Crippen molar-refractivity contribution in [3.8, 4) is 0 Å². The Morgan fingerprint density at radius 2 is 0.950 bits per heavy atom. The van der Waals surface area contributed by atoms with Crippen LogP contribution in [0.15, 0.2) is 0 Å². The van der Waals surface area contributed by atoms with Crippen LogP contribution < -0.4 is 5.73 Å². The lowest BCUT2D eigenvalue weighted by Gasteiger charge is -2.13. The molecule has 7 nitrogen and oxygen atoms in total. The lowest BCUT2D eigenvalue weighted by Crippen LogP contribution is -2.32. The Balaban J connectivity index is 3.11. The van der Waals surface area contributed by atoms with Crippen LogP contribution in [0.3, 0.4) is 0 Å². The summed E-state index contributed by atoms with van der Waals surface area (Å²) in [5.74, 6) is 0. The first-order valence-corrected chi connectivity index (χ1v) is 6.85. The molecule has 0 bridgehead atoms. The summed E-state index contributed by atoms with van der Waals surface area (Å²) in [6.07, 6.45) is 0. The zero-order chi connectivity index (χ0) is 14.9. The Morgan fingerprint density at radius 1 is 0.600 bits per heavy atom. The minimum Gasteiger partial charge on any atom is -0.382 e. The molecule has 0 aromatic heterocycles. The molecule has 0 aliphatic carbocycles. The second-order valence-corrected chi connectivity index (χ2v) is 4.12. The van der Waals surface area contributed by atoms with Crippen molar-refractivity contribution in [2.75, 3.05) is 80.3 Å². The largest absolute Gasteiger partial charge is 0.382 e. The Morgan fingerprint density at radius 3 is 1.35 bits per heavy atom. The van der Waals surface area contributed by atoms with E-state index < -0.39 is 0 Å².